The summed E-state index contributed by atoms with van der Waals surface area (Å²) in [5.74, 6) is -0.442. The number of aliphatic imine (C=N–C) groups is 1. The predicted molar refractivity (Wildman–Crippen MR) is 111 cm³/mol. The molecule has 0 aromatic rings. The Kier molecular flexibility index (Phi) is 11.9. The maximum Gasteiger partial charge on any atom is 0.233 e. The van der Waals surface area contributed by atoms with Gasteiger partial charge in [0.25, 0.3) is 0 Å². The minimum absolute atomic E-state index is 0.0249. The number of carboxylic acids is 1. The van der Waals surface area contributed by atoms with Gasteiger partial charge in [-0.1, -0.05) is 77.2 Å². The fourth-order valence-electron chi connectivity index (χ4n) is 3.55. The van der Waals surface area contributed by atoms with Crippen LogP contribution in [0.2, 0.25) is 0 Å². The molecule has 1 aliphatic heterocycles. The molecule has 154 valence electrons. The molecule has 0 amide bonds. The number of carbonyl (C=O) groups excluding carboxylic acids is 1. The normalized spacial score (nSPS) is 20.3. The summed E-state index contributed by atoms with van der Waals surface area (Å²) in [5.41, 5.74) is 6.03. The number of quaternary nitrogens is 1. The highest BCUT2D eigenvalue weighted by atomic mass is 16.4. The zero-order valence-electron chi connectivity index (χ0n) is 17.4. The van der Waals surface area contributed by atoms with Gasteiger partial charge in [-0.25, -0.2) is 4.48 Å². The highest BCUT2D eigenvalue weighted by molar-refractivity contribution is 5.90. The number of aliphatic carboxylic acids is 1. The molecule has 5 heteroatoms. The zero-order chi connectivity index (χ0) is 20.0. The number of carbonyl (C=O) groups is 1. The van der Waals surface area contributed by atoms with E-state index in [1.807, 2.05) is 6.08 Å². The van der Waals surface area contributed by atoms with Gasteiger partial charge in [-0.2, -0.15) is 4.99 Å². The van der Waals surface area contributed by atoms with Gasteiger partial charge in [0.05, 0.1) is 12.2 Å². The van der Waals surface area contributed by atoms with E-state index in [4.69, 9.17) is 5.73 Å². The van der Waals surface area contributed by atoms with Crippen LogP contribution >= 0.6 is 0 Å². The molecule has 1 heterocycles. The van der Waals surface area contributed by atoms with Crippen molar-refractivity contribution in [1.82, 2.24) is 0 Å². The molecular formula is C22H39N3O2. The lowest BCUT2D eigenvalue weighted by atomic mass is 10.1. The molecular weight excluding hydrogens is 338 g/mol. The van der Waals surface area contributed by atoms with Gasteiger partial charge in [0.15, 0.2) is 0 Å². The second-order valence-corrected chi connectivity index (χ2v) is 7.71. The number of nitrogens with two attached hydrogens (primary N) is 1. The van der Waals surface area contributed by atoms with Crippen LogP contribution in [0.5, 0.6) is 0 Å². The van der Waals surface area contributed by atoms with Crippen molar-refractivity contribution in [3.05, 3.63) is 24.6 Å². The number of nitrogens with zero attached hydrogens (tertiary/aromatic N) is 2. The minimum atomic E-state index is -1.12. The minimum Gasteiger partial charge on any atom is -0.544 e. The number of carboxylic acid groups (broad SMARTS) is 1. The third kappa shape index (κ3) is 8.85. The number of allylic oxidation sites excluding steroid dienone is 1. The van der Waals surface area contributed by atoms with Crippen LogP contribution in [0.1, 0.15) is 90.9 Å². The maximum absolute atomic E-state index is 11.1. The zero-order valence-corrected chi connectivity index (χ0v) is 17.4. The molecule has 1 rings (SSSR count). The standard InChI is InChI=1S/C22H39N3O2/c1-3-4-5-6-7-8-9-10-11-12-13-14-15-16-21-24-17-18-25(21,20(2)23)19-22(26)27/h15-18,20H,3-14,19,23H2,1-2H3/b16-15+. The first-order chi connectivity index (χ1) is 13.0. The van der Waals surface area contributed by atoms with E-state index in [0.29, 0.717) is 5.84 Å². The van der Waals surface area contributed by atoms with Crippen molar-refractivity contribution in [2.75, 3.05) is 6.54 Å². The average Bonchev–Trinajstić information content (AvgIpc) is 3.02. The van der Waals surface area contributed by atoms with Crippen LogP contribution in [-0.4, -0.2) is 29.0 Å². The molecule has 0 fully saturated rings. The molecule has 2 N–H and O–H groups in total. The van der Waals surface area contributed by atoms with Crippen molar-refractivity contribution in [3.63, 3.8) is 0 Å². The van der Waals surface area contributed by atoms with Gasteiger partial charge in [-0.3, -0.25) is 5.73 Å². The molecule has 0 saturated heterocycles. The molecule has 2 atom stereocenters. The summed E-state index contributed by atoms with van der Waals surface area (Å²) in [5, 5.41) is 11.1. The van der Waals surface area contributed by atoms with Crippen LogP contribution in [0.15, 0.2) is 29.5 Å². The highest BCUT2D eigenvalue weighted by Crippen LogP contribution is 2.20. The van der Waals surface area contributed by atoms with Crippen LogP contribution in [0.3, 0.4) is 0 Å². The summed E-state index contributed by atoms with van der Waals surface area (Å²) < 4.78 is 0.0249. The Bertz CT molecular complexity index is 512. The van der Waals surface area contributed by atoms with Gasteiger partial charge in [0, 0.05) is 13.0 Å². The third-order valence-electron chi connectivity index (χ3n) is 5.32. The first-order valence-corrected chi connectivity index (χ1v) is 10.8. The second kappa shape index (κ2) is 13.7. The number of amidine groups is 1. The van der Waals surface area contributed by atoms with Gasteiger partial charge < -0.3 is 9.90 Å². The molecule has 5 nitrogen and oxygen atoms in total. The fourth-order valence-corrected chi connectivity index (χ4v) is 3.55. The first kappa shape index (κ1) is 23.6. The van der Waals surface area contributed by atoms with E-state index in [9.17, 15) is 9.90 Å². The maximum atomic E-state index is 11.1. The monoisotopic (exact) mass is 377 g/mol. The Labute approximate surface area is 165 Å². The van der Waals surface area contributed by atoms with Crippen molar-refractivity contribution in [2.45, 2.75) is 97.1 Å². The van der Waals surface area contributed by atoms with E-state index >= 15 is 0 Å². The Morgan fingerprint density at radius 3 is 2.19 bits per heavy atom. The predicted octanol–water partition coefficient (Wildman–Crippen LogP) is 4.00. The number of hydrogen-bond acceptors (Lipinski definition) is 4. The lowest BCUT2D eigenvalue weighted by molar-refractivity contribution is -0.805. The van der Waals surface area contributed by atoms with E-state index in [-0.39, 0.29) is 17.2 Å². The van der Waals surface area contributed by atoms with Crippen molar-refractivity contribution in [2.24, 2.45) is 10.7 Å². The number of hydrogen-bond donors (Lipinski definition) is 1. The summed E-state index contributed by atoms with van der Waals surface area (Å²) in [7, 11) is 0. The number of unbranched alkanes of at least 4 members (excludes halogenated alkanes) is 11. The third-order valence-corrected chi connectivity index (χ3v) is 5.32. The Morgan fingerprint density at radius 2 is 1.67 bits per heavy atom. The van der Waals surface area contributed by atoms with Crippen molar-refractivity contribution >= 4 is 11.8 Å². The molecule has 0 aromatic heterocycles. The van der Waals surface area contributed by atoms with E-state index < -0.39 is 5.97 Å². The van der Waals surface area contributed by atoms with Crippen LogP contribution < -0.4 is 10.8 Å². The summed E-state index contributed by atoms with van der Waals surface area (Å²) in [6.45, 7) is 3.87. The second-order valence-electron chi connectivity index (χ2n) is 7.71. The Hall–Kier alpha value is -1.46. The summed E-state index contributed by atoms with van der Waals surface area (Å²) in [4.78, 5) is 15.4. The largest absolute Gasteiger partial charge is 0.544 e. The quantitative estimate of drug-likeness (QED) is 0.326. The molecule has 0 aromatic carbocycles. The lowest BCUT2D eigenvalue weighted by Crippen LogP contribution is -2.60. The fraction of sp³-hybridized carbons (Fsp3) is 0.727. The molecule has 1 aliphatic rings. The molecule has 2 unspecified atom stereocenters. The van der Waals surface area contributed by atoms with Crippen molar-refractivity contribution in [1.29, 1.82) is 0 Å². The molecule has 0 aliphatic carbocycles. The summed E-state index contributed by atoms with van der Waals surface area (Å²) in [6, 6.07) is 0. The van der Waals surface area contributed by atoms with Crippen LogP contribution in [0.25, 0.3) is 0 Å². The van der Waals surface area contributed by atoms with Crippen LogP contribution in [0.4, 0.5) is 0 Å². The molecule has 0 saturated carbocycles. The number of rotatable bonds is 16. The first-order valence-electron chi connectivity index (χ1n) is 10.8. The average molecular weight is 378 g/mol. The molecule has 0 bridgehead atoms. The Balaban J connectivity index is 2.16. The molecule has 0 spiro atoms. The SMILES string of the molecule is CCCCCCCCCCCCC/C=C/C1=NC=C[N+]1(CC(=O)[O-])C(C)N. The van der Waals surface area contributed by atoms with Gasteiger partial charge in [0.2, 0.25) is 5.84 Å². The highest BCUT2D eigenvalue weighted by Gasteiger charge is 2.37. The lowest BCUT2D eigenvalue weighted by Gasteiger charge is -2.35. The van der Waals surface area contributed by atoms with Crippen molar-refractivity contribution < 1.29 is 14.4 Å². The van der Waals surface area contributed by atoms with Gasteiger partial charge in [-0.15, -0.1) is 0 Å². The smallest absolute Gasteiger partial charge is 0.233 e. The summed E-state index contributed by atoms with van der Waals surface area (Å²) in [6.07, 6.45) is 22.7. The van der Waals surface area contributed by atoms with Gasteiger partial charge in [0.1, 0.15) is 18.9 Å². The van der Waals surface area contributed by atoms with E-state index in [0.717, 1.165) is 12.8 Å². The van der Waals surface area contributed by atoms with E-state index in [2.05, 4.69) is 18.0 Å². The summed E-state index contributed by atoms with van der Waals surface area (Å²) >= 11 is 0. The van der Waals surface area contributed by atoms with Crippen LogP contribution in [-0.2, 0) is 4.79 Å². The van der Waals surface area contributed by atoms with E-state index in [1.54, 1.807) is 19.3 Å². The molecule has 27 heavy (non-hydrogen) atoms. The van der Waals surface area contributed by atoms with E-state index in [1.165, 1.54) is 64.2 Å². The van der Waals surface area contributed by atoms with Crippen LogP contribution in [0, 0.1) is 0 Å². The topological polar surface area (TPSA) is 78.5 Å². The van der Waals surface area contributed by atoms with Gasteiger partial charge in [-0.05, 0) is 12.8 Å². The molecule has 0 radical (unpaired) electrons. The van der Waals surface area contributed by atoms with Gasteiger partial charge >= 0.3 is 0 Å². The van der Waals surface area contributed by atoms with Crippen molar-refractivity contribution in [3.8, 4) is 0 Å². The Morgan fingerprint density at radius 1 is 1.11 bits per heavy atom.